The van der Waals surface area contributed by atoms with E-state index in [0.717, 1.165) is 46.6 Å². The van der Waals surface area contributed by atoms with Crippen LogP contribution in [0.5, 0.6) is 0 Å². The number of rotatable bonds is 11. The van der Waals surface area contributed by atoms with E-state index in [1.54, 1.807) is 30.3 Å². The minimum Gasteiger partial charge on any atom is -0.466 e. The standard InChI is InChI=1S/C26H30Cl3NO12S/c1-13(31)38-12-19(40-15(3)33)21(41-16(4)34)22-20(30-23(35)26(27,28)29)18(39-14(2)32)11-25(42-22,24(36)37-5)43-17-9-7-6-8-10-17/h6-10,18-22H,11-12H2,1-5H3,(H,30,35)/t18-,19+,20+,21+,22+,25+/m0/s1. The third kappa shape index (κ3) is 10.7. The van der Waals surface area contributed by atoms with Gasteiger partial charge in [0, 0.05) is 39.0 Å². The van der Waals surface area contributed by atoms with E-state index in [1.165, 1.54) is 0 Å². The number of halogens is 3. The first kappa shape index (κ1) is 36.4. The molecule has 6 atom stereocenters. The molecule has 1 amide bonds. The molecule has 1 heterocycles. The Labute approximate surface area is 266 Å². The number of carbonyl (C=O) groups excluding carboxylic acids is 6. The van der Waals surface area contributed by atoms with Crippen LogP contribution in [0.25, 0.3) is 0 Å². The van der Waals surface area contributed by atoms with Crippen molar-refractivity contribution in [2.75, 3.05) is 13.7 Å². The molecule has 1 aliphatic heterocycles. The van der Waals surface area contributed by atoms with E-state index in [4.69, 9.17) is 63.2 Å². The van der Waals surface area contributed by atoms with Gasteiger partial charge in [0.1, 0.15) is 18.8 Å². The summed E-state index contributed by atoms with van der Waals surface area (Å²) in [4.78, 5) is 73.2. The molecular formula is C26H30Cl3NO12S. The van der Waals surface area contributed by atoms with Gasteiger partial charge in [-0.3, -0.25) is 24.0 Å². The van der Waals surface area contributed by atoms with Crippen LogP contribution >= 0.6 is 46.6 Å². The number of thioether (sulfide) groups is 1. The highest BCUT2D eigenvalue weighted by Crippen LogP contribution is 2.46. The summed E-state index contributed by atoms with van der Waals surface area (Å²) in [6.07, 6.45) is -6.79. The first-order valence-electron chi connectivity index (χ1n) is 12.5. The highest BCUT2D eigenvalue weighted by Gasteiger charge is 2.59. The van der Waals surface area contributed by atoms with E-state index in [1.807, 2.05) is 0 Å². The Morgan fingerprint density at radius 1 is 0.977 bits per heavy atom. The highest BCUT2D eigenvalue weighted by molar-refractivity contribution is 8.01. The minimum absolute atomic E-state index is 0.422. The van der Waals surface area contributed by atoms with E-state index in [0.29, 0.717) is 4.90 Å². The second-order valence-electron chi connectivity index (χ2n) is 9.12. The van der Waals surface area contributed by atoms with Crippen LogP contribution in [0, 0.1) is 0 Å². The molecule has 1 aromatic carbocycles. The monoisotopic (exact) mass is 685 g/mol. The lowest BCUT2D eigenvalue weighted by Crippen LogP contribution is -2.68. The summed E-state index contributed by atoms with van der Waals surface area (Å²) in [7, 11) is 1.09. The zero-order chi connectivity index (χ0) is 32.5. The number of alkyl halides is 3. The van der Waals surface area contributed by atoms with Crippen LogP contribution in [-0.4, -0.2) is 88.7 Å². The molecular weight excluding hydrogens is 657 g/mol. The van der Waals surface area contributed by atoms with Gasteiger partial charge in [-0.05, 0) is 12.1 Å². The molecule has 2 rings (SSSR count). The minimum atomic E-state index is -2.52. The second-order valence-corrected chi connectivity index (χ2v) is 12.7. The first-order valence-corrected chi connectivity index (χ1v) is 14.5. The van der Waals surface area contributed by atoms with Crippen LogP contribution in [0.1, 0.15) is 34.1 Å². The van der Waals surface area contributed by atoms with Crippen LogP contribution in [0.4, 0.5) is 0 Å². The molecule has 17 heteroatoms. The lowest BCUT2D eigenvalue weighted by atomic mass is 9.89. The number of nitrogens with one attached hydrogen (secondary N) is 1. The van der Waals surface area contributed by atoms with Crippen molar-refractivity contribution in [3.63, 3.8) is 0 Å². The molecule has 0 bridgehead atoms. The van der Waals surface area contributed by atoms with E-state index >= 15 is 0 Å². The summed E-state index contributed by atoms with van der Waals surface area (Å²) < 4.78 is 30.3. The molecule has 1 aliphatic rings. The average Bonchev–Trinajstić information content (AvgIpc) is 2.89. The molecule has 43 heavy (non-hydrogen) atoms. The van der Waals surface area contributed by atoms with E-state index < -0.39 is 88.0 Å². The van der Waals surface area contributed by atoms with Gasteiger partial charge in [-0.25, -0.2) is 4.79 Å². The fraction of sp³-hybridized carbons (Fsp3) is 0.538. The number of ether oxygens (including phenoxy) is 6. The summed E-state index contributed by atoms with van der Waals surface area (Å²) >= 11 is 18.3. The van der Waals surface area contributed by atoms with Crippen molar-refractivity contribution in [3.05, 3.63) is 30.3 Å². The molecule has 13 nitrogen and oxygen atoms in total. The molecule has 0 unspecified atom stereocenters. The second kappa shape index (κ2) is 15.8. The maximum atomic E-state index is 13.4. The molecule has 0 aromatic heterocycles. The molecule has 0 spiro atoms. The number of amides is 1. The van der Waals surface area contributed by atoms with Gasteiger partial charge < -0.3 is 33.7 Å². The van der Waals surface area contributed by atoms with Gasteiger partial charge >= 0.3 is 29.8 Å². The summed E-state index contributed by atoms with van der Waals surface area (Å²) in [5.74, 6) is -5.54. The van der Waals surface area contributed by atoms with Crippen LogP contribution in [0.3, 0.4) is 0 Å². The van der Waals surface area contributed by atoms with Crippen LogP contribution in [0.15, 0.2) is 35.2 Å². The third-order valence-corrected chi connectivity index (χ3v) is 7.49. The van der Waals surface area contributed by atoms with Crippen molar-refractivity contribution in [1.82, 2.24) is 5.32 Å². The van der Waals surface area contributed by atoms with Gasteiger partial charge in [-0.2, -0.15) is 0 Å². The van der Waals surface area contributed by atoms with Crippen molar-refractivity contribution >= 4 is 82.3 Å². The van der Waals surface area contributed by atoms with Crippen molar-refractivity contribution in [2.24, 2.45) is 0 Å². The van der Waals surface area contributed by atoms with Crippen LogP contribution < -0.4 is 5.32 Å². The van der Waals surface area contributed by atoms with Gasteiger partial charge in [0.05, 0.1) is 13.2 Å². The smallest absolute Gasteiger partial charge is 0.349 e. The Balaban J connectivity index is 2.83. The summed E-state index contributed by atoms with van der Waals surface area (Å²) in [5.41, 5.74) is 0. The van der Waals surface area contributed by atoms with Gasteiger partial charge in [0.2, 0.25) is 4.93 Å². The van der Waals surface area contributed by atoms with Gasteiger partial charge in [-0.1, -0.05) is 64.8 Å². The Morgan fingerprint density at radius 2 is 1.58 bits per heavy atom. The molecule has 0 radical (unpaired) electrons. The number of hydrogen-bond acceptors (Lipinski definition) is 13. The van der Waals surface area contributed by atoms with Crippen molar-refractivity contribution in [2.45, 2.75) is 78.2 Å². The third-order valence-electron chi connectivity index (χ3n) is 5.71. The van der Waals surface area contributed by atoms with Crippen molar-refractivity contribution < 1.29 is 57.2 Å². The largest absolute Gasteiger partial charge is 0.466 e. The van der Waals surface area contributed by atoms with Crippen LogP contribution in [0.2, 0.25) is 0 Å². The SMILES string of the molecule is COC(=O)[C@]1(Sc2ccccc2)C[C@H](OC(C)=O)[C@@H](NC(=O)C(Cl)(Cl)Cl)[C@H]([C@H](OC(C)=O)[C@@H](COC(C)=O)OC(C)=O)O1. The maximum Gasteiger partial charge on any atom is 0.349 e. The fourth-order valence-corrected chi connectivity index (χ4v) is 5.59. The molecule has 0 saturated carbocycles. The topological polar surface area (TPSA) is 170 Å². The molecule has 1 fully saturated rings. The Hall–Kier alpha value is -2.78. The Morgan fingerprint density at radius 3 is 2.07 bits per heavy atom. The lowest BCUT2D eigenvalue weighted by Gasteiger charge is -2.48. The quantitative estimate of drug-likeness (QED) is 0.205. The van der Waals surface area contributed by atoms with E-state index in [9.17, 15) is 28.8 Å². The van der Waals surface area contributed by atoms with Crippen molar-refractivity contribution in [1.29, 1.82) is 0 Å². The number of hydrogen-bond donors (Lipinski definition) is 1. The Bertz CT molecular complexity index is 1200. The van der Waals surface area contributed by atoms with Gasteiger partial charge in [-0.15, -0.1) is 0 Å². The number of methoxy groups -OCH3 is 1. The highest BCUT2D eigenvalue weighted by atomic mass is 35.6. The average molecular weight is 687 g/mol. The first-order chi connectivity index (χ1) is 20.0. The lowest BCUT2D eigenvalue weighted by molar-refractivity contribution is -0.224. The zero-order valence-corrected chi connectivity index (χ0v) is 26.7. The fourth-order valence-electron chi connectivity index (χ4n) is 4.18. The molecule has 1 saturated heterocycles. The Kier molecular flexibility index (Phi) is 13.4. The molecule has 1 aromatic rings. The summed E-state index contributed by atoms with van der Waals surface area (Å²) in [5, 5.41) is 2.41. The number of carbonyl (C=O) groups is 6. The zero-order valence-electron chi connectivity index (χ0n) is 23.6. The maximum absolute atomic E-state index is 13.4. The molecule has 238 valence electrons. The predicted molar refractivity (Wildman–Crippen MR) is 152 cm³/mol. The summed E-state index contributed by atoms with van der Waals surface area (Å²) in [6, 6.07) is 6.95. The molecule has 0 aliphatic carbocycles. The number of benzene rings is 1. The normalized spacial score (nSPS) is 23.1. The van der Waals surface area contributed by atoms with Crippen molar-refractivity contribution in [3.8, 4) is 0 Å². The van der Waals surface area contributed by atoms with Gasteiger partial charge in [0.25, 0.3) is 9.70 Å². The van der Waals surface area contributed by atoms with E-state index in [-0.39, 0.29) is 0 Å². The number of esters is 5. The van der Waals surface area contributed by atoms with E-state index in [2.05, 4.69) is 5.32 Å². The van der Waals surface area contributed by atoms with Crippen LogP contribution in [-0.2, 0) is 57.2 Å². The van der Waals surface area contributed by atoms with Gasteiger partial charge in [0.15, 0.2) is 12.2 Å². The predicted octanol–water partition coefficient (Wildman–Crippen LogP) is 2.65. The summed E-state index contributed by atoms with van der Waals surface area (Å²) in [6.45, 7) is 3.59. The molecule has 1 N–H and O–H groups in total.